The molecule has 2 heterocycles. The Morgan fingerprint density at radius 1 is 0.667 bits per heavy atom. The van der Waals surface area contributed by atoms with Crippen LogP contribution in [0.1, 0.15) is 0 Å². The molecule has 0 fully saturated rings. The Balaban J connectivity index is 2.08. The lowest BCUT2D eigenvalue weighted by Crippen LogP contribution is -2.51. The van der Waals surface area contributed by atoms with Crippen LogP contribution in [0.5, 0.6) is 0 Å². The van der Waals surface area contributed by atoms with Crippen LogP contribution in [-0.2, 0) is 0 Å². The molecule has 0 saturated heterocycles. The van der Waals surface area contributed by atoms with E-state index in [1.807, 2.05) is 0 Å². The van der Waals surface area contributed by atoms with Crippen LogP contribution in [0.3, 0.4) is 0 Å². The van der Waals surface area contributed by atoms with Crippen LogP contribution in [0.2, 0.25) is 0 Å². The normalized spacial score (nSPS) is 12.0. The minimum Gasteiger partial charge on any atom is -0.203 e. The predicted octanol–water partition coefficient (Wildman–Crippen LogP) is 4.29. The molecule has 0 N–H and O–H groups in total. The van der Waals surface area contributed by atoms with E-state index in [2.05, 4.69) is 0 Å². The zero-order valence-corrected chi connectivity index (χ0v) is 14.4. The second-order valence-electron chi connectivity index (χ2n) is 6.55. The number of nitrogens with zero attached hydrogens (tertiary/aromatic N) is 2. The fourth-order valence-electron chi connectivity index (χ4n) is 3.66. The molecule has 0 saturated carbocycles. The minimum absolute atomic E-state index is 0.304. The summed E-state index contributed by atoms with van der Waals surface area (Å²) in [5.74, 6) is -15.8. The highest BCUT2D eigenvalue weighted by atomic mass is 19.2. The minimum atomic E-state index is -2.40. The first kappa shape index (κ1) is 18.3. The maximum atomic E-state index is 14.7. The molecule has 3 aromatic carbocycles. The monoisotopic (exact) mass is 423 g/mol. The summed E-state index contributed by atoms with van der Waals surface area (Å²) in [7, 11) is 0. The highest BCUT2D eigenvalue weighted by Gasteiger charge is 2.34. The number of hydrogen-bond donors (Lipinski definition) is 0. The van der Waals surface area contributed by atoms with Gasteiger partial charge in [-0.3, -0.25) is 0 Å². The second-order valence-corrected chi connectivity index (χ2v) is 6.55. The Morgan fingerprint density at radius 2 is 1.23 bits per heavy atom. The van der Waals surface area contributed by atoms with Gasteiger partial charge in [0.1, 0.15) is 12.4 Å². The van der Waals surface area contributed by atoms with Gasteiger partial charge in [0.25, 0.3) is 0 Å². The van der Waals surface area contributed by atoms with Gasteiger partial charge in [-0.1, -0.05) is 12.1 Å². The van der Waals surface area contributed by atoms with E-state index >= 15 is 0 Å². The summed E-state index contributed by atoms with van der Waals surface area (Å²) >= 11 is 0. The summed E-state index contributed by atoms with van der Waals surface area (Å²) in [6.45, 7) is 0. The van der Waals surface area contributed by atoms with Gasteiger partial charge in [-0.15, -0.1) is 0 Å². The molecule has 2 aromatic heterocycles. The molecule has 150 valence electrons. The van der Waals surface area contributed by atoms with E-state index < -0.39 is 62.9 Å². The third-order valence-electron chi connectivity index (χ3n) is 4.98. The maximum Gasteiger partial charge on any atom is 0.508 e. The van der Waals surface area contributed by atoms with Crippen LogP contribution in [0, 0.1) is 40.7 Å². The zero-order valence-electron chi connectivity index (χ0n) is 14.4. The van der Waals surface area contributed by atoms with Crippen molar-refractivity contribution < 1.29 is 35.3 Å². The van der Waals surface area contributed by atoms with Crippen molar-refractivity contribution in [2.75, 3.05) is 0 Å². The highest BCUT2D eigenvalue weighted by Crippen LogP contribution is 2.34. The van der Waals surface area contributed by atoms with E-state index in [0.717, 1.165) is 10.6 Å². The first-order chi connectivity index (χ1) is 14.2. The maximum absolute atomic E-state index is 14.7. The van der Waals surface area contributed by atoms with Crippen molar-refractivity contribution in [1.29, 1.82) is 0 Å². The first-order valence-corrected chi connectivity index (χ1v) is 8.34. The molecule has 0 unspecified atom stereocenters. The molecule has 5 aromatic rings. The molecule has 10 heteroatoms. The molecule has 3 nitrogen and oxygen atoms in total. The highest BCUT2D eigenvalue weighted by molar-refractivity contribution is 5.95. The zero-order chi connectivity index (χ0) is 21.5. The van der Waals surface area contributed by atoms with Crippen LogP contribution >= 0.6 is 0 Å². The number of para-hydroxylation sites is 1. The van der Waals surface area contributed by atoms with Gasteiger partial charge < -0.3 is 0 Å². The molecule has 30 heavy (non-hydrogen) atoms. The molecule has 0 atom stereocenters. The Kier molecular flexibility index (Phi) is 3.61. The molecule has 0 amide bonds. The van der Waals surface area contributed by atoms with E-state index in [1.54, 1.807) is 18.2 Å². The lowest BCUT2D eigenvalue weighted by Gasteiger charge is -2.11. The van der Waals surface area contributed by atoms with Crippen LogP contribution in [0.25, 0.3) is 32.7 Å². The summed E-state index contributed by atoms with van der Waals surface area (Å²) in [6, 6.07) is 6.30. The van der Waals surface area contributed by atoms with Gasteiger partial charge in [-0.25, -0.2) is 26.3 Å². The average Bonchev–Trinajstić information content (AvgIpc) is 3.17. The number of halogens is 7. The number of aromatic nitrogens is 2. The van der Waals surface area contributed by atoms with Gasteiger partial charge in [0.15, 0.2) is 46.1 Å². The molecule has 5 rings (SSSR count). The van der Waals surface area contributed by atoms with Crippen molar-refractivity contribution in [3.63, 3.8) is 0 Å². The molecular formula is C20H6F7N2O+. The van der Waals surface area contributed by atoms with Gasteiger partial charge >= 0.3 is 5.69 Å². The lowest BCUT2D eigenvalue weighted by molar-refractivity contribution is -0.614. The van der Waals surface area contributed by atoms with Crippen LogP contribution < -0.4 is 10.3 Å². The number of fused-ring (bicyclic) bond motifs is 1. The van der Waals surface area contributed by atoms with Crippen molar-refractivity contribution in [2.45, 2.75) is 0 Å². The van der Waals surface area contributed by atoms with Crippen molar-refractivity contribution in [3.05, 3.63) is 87.9 Å². The van der Waals surface area contributed by atoms with Gasteiger partial charge in [-0.05, 0) is 12.1 Å². The number of rotatable bonds is 1. The van der Waals surface area contributed by atoms with Crippen LogP contribution in [-0.4, -0.2) is 4.40 Å². The van der Waals surface area contributed by atoms with E-state index in [1.165, 1.54) is 12.3 Å². The van der Waals surface area contributed by atoms with Gasteiger partial charge in [0.05, 0.1) is 16.2 Å². The SMILES string of the molecule is O=c1n2ccc3cccc(c[n+]1-c1c(F)c(F)c(F)c4c(F)c(F)c(F)c(F)c14)c32. The Morgan fingerprint density at radius 3 is 1.90 bits per heavy atom. The molecule has 0 bridgehead atoms. The Hall–Kier alpha value is -3.69. The molecule has 0 aliphatic rings. The average molecular weight is 423 g/mol. The van der Waals surface area contributed by atoms with E-state index in [0.29, 0.717) is 20.9 Å². The molecule has 0 spiro atoms. The van der Waals surface area contributed by atoms with Crippen molar-refractivity contribution in [3.8, 4) is 5.69 Å². The fourth-order valence-corrected chi connectivity index (χ4v) is 3.66. The topological polar surface area (TPSA) is 25.4 Å². The summed E-state index contributed by atoms with van der Waals surface area (Å²) in [4.78, 5) is 12.9. The summed E-state index contributed by atoms with van der Waals surface area (Å²) in [6.07, 6.45) is 2.28. The molecule has 0 aliphatic carbocycles. The molecule has 0 aliphatic heterocycles. The van der Waals surface area contributed by atoms with Gasteiger partial charge in [0.2, 0.25) is 5.82 Å². The van der Waals surface area contributed by atoms with Crippen molar-refractivity contribution >= 4 is 27.1 Å². The number of hydrogen-bond acceptors (Lipinski definition) is 1. The third-order valence-corrected chi connectivity index (χ3v) is 4.98. The Labute approximate surface area is 161 Å². The third kappa shape index (κ3) is 2.10. The summed E-state index contributed by atoms with van der Waals surface area (Å²) < 4.78 is 101. The quantitative estimate of drug-likeness (QED) is 0.171. The second kappa shape index (κ2) is 5.91. The molecular weight excluding hydrogens is 417 g/mol. The van der Waals surface area contributed by atoms with Crippen LogP contribution in [0.15, 0.2) is 41.5 Å². The van der Waals surface area contributed by atoms with E-state index in [4.69, 9.17) is 0 Å². The molecule has 0 radical (unpaired) electrons. The fraction of sp³-hybridized carbons (Fsp3) is 0. The first-order valence-electron chi connectivity index (χ1n) is 8.34. The van der Waals surface area contributed by atoms with Crippen molar-refractivity contribution in [2.24, 2.45) is 0 Å². The summed E-state index contributed by atoms with van der Waals surface area (Å²) in [5.41, 5.74) is -1.95. The van der Waals surface area contributed by atoms with E-state index in [-0.39, 0.29) is 0 Å². The van der Waals surface area contributed by atoms with Gasteiger partial charge in [0, 0.05) is 5.39 Å². The van der Waals surface area contributed by atoms with Gasteiger partial charge in [-0.2, -0.15) is 18.2 Å². The standard InChI is InChI=1S/C20H6F7N2O/c21-11-9-10(13(23)15(25)14(11)24)19(17(27)16(26)12(9)22)29-6-8-3-1-2-7-4-5-28(18(7)8)20(29)30/h1-6H/q+1. The Bertz CT molecular complexity index is 1580. The van der Waals surface area contributed by atoms with E-state index in [9.17, 15) is 35.5 Å². The predicted molar refractivity (Wildman–Crippen MR) is 91.1 cm³/mol. The smallest absolute Gasteiger partial charge is 0.203 e. The number of benzene rings is 3. The lowest BCUT2D eigenvalue weighted by atomic mass is 10.0. The largest absolute Gasteiger partial charge is 0.508 e. The van der Waals surface area contributed by atoms with Crippen molar-refractivity contribution in [1.82, 2.24) is 4.40 Å². The van der Waals surface area contributed by atoms with Crippen LogP contribution in [0.4, 0.5) is 30.7 Å². The summed E-state index contributed by atoms with van der Waals surface area (Å²) in [5, 5.41) is -2.18.